The molecule has 3 N–H and O–H groups in total. The minimum atomic E-state index is -0.998. The average Bonchev–Trinajstić information content (AvgIpc) is 2.82. The van der Waals surface area contributed by atoms with Crippen molar-refractivity contribution in [1.82, 2.24) is 15.0 Å². The SMILES string of the molecule is Cc1cccc(CCNc2nc(-c3ccc(F)c(F)c3)ncc2C(C(N)=O)c2ccccn2)c1. The van der Waals surface area contributed by atoms with Crippen LogP contribution >= 0.6 is 0 Å². The van der Waals surface area contributed by atoms with Crippen molar-refractivity contribution in [1.29, 1.82) is 0 Å². The average molecular weight is 460 g/mol. The van der Waals surface area contributed by atoms with E-state index >= 15 is 0 Å². The van der Waals surface area contributed by atoms with Crippen LogP contribution in [-0.4, -0.2) is 27.4 Å². The van der Waals surface area contributed by atoms with Crippen molar-refractivity contribution in [3.05, 3.63) is 107 Å². The van der Waals surface area contributed by atoms with Crippen LogP contribution in [0.4, 0.5) is 14.6 Å². The maximum Gasteiger partial charge on any atom is 0.231 e. The topological polar surface area (TPSA) is 93.8 Å². The van der Waals surface area contributed by atoms with Gasteiger partial charge in [0.05, 0.1) is 5.69 Å². The number of hydrogen-bond donors (Lipinski definition) is 2. The number of aryl methyl sites for hydroxylation is 1. The maximum absolute atomic E-state index is 13.8. The van der Waals surface area contributed by atoms with Gasteiger partial charge in [0.2, 0.25) is 5.91 Å². The van der Waals surface area contributed by atoms with Crippen LogP contribution in [0, 0.1) is 18.6 Å². The molecule has 2 aromatic carbocycles. The third-order valence-corrected chi connectivity index (χ3v) is 5.36. The Kier molecular flexibility index (Phi) is 6.87. The van der Waals surface area contributed by atoms with Gasteiger partial charge in [0.15, 0.2) is 17.5 Å². The summed E-state index contributed by atoms with van der Waals surface area (Å²) in [5.41, 5.74) is 9.25. The van der Waals surface area contributed by atoms with E-state index in [1.807, 2.05) is 25.1 Å². The van der Waals surface area contributed by atoms with Gasteiger partial charge < -0.3 is 11.1 Å². The first kappa shape index (κ1) is 23.0. The largest absolute Gasteiger partial charge is 0.369 e. The Hall–Kier alpha value is -4.20. The minimum Gasteiger partial charge on any atom is -0.369 e. The first-order valence-electron chi connectivity index (χ1n) is 10.7. The second-order valence-corrected chi connectivity index (χ2v) is 7.88. The minimum absolute atomic E-state index is 0.185. The molecule has 0 aliphatic rings. The highest BCUT2D eigenvalue weighted by Gasteiger charge is 2.26. The normalized spacial score (nSPS) is 11.7. The molecule has 4 aromatic rings. The van der Waals surface area contributed by atoms with E-state index in [9.17, 15) is 13.6 Å². The number of carbonyl (C=O) groups excluding carboxylic acids is 1. The van der Waals surface area contributed by atoms with Crippen LogP contribution < -0.4 is 11.1 Å². The third-order valence-electron chi connectivity index (χ3n) is 5.36. The molecule has 8 heteroatoms. The number of anilines is 1. The zero-order valence-corrected chi connectivity index (χ0v) is 18.5. The lowest BCUT2D eigenvalue weighted by molar-refractivity contribution is -0.118. The number of nitrogens with two attached hydrogens (primary N) is 1. The van der Waals surface area contributed by atoms with E-state index in [-0.39, 0.29) is 5.82 Å². The second kappa shape index (κ2) is 10.2. The molecule has 6 nitrogen and oxygen atoms in total. The van der Waals surface area contributed by atoms with Gasteiger partial charge >= 0.3 is 0 Å². The molecule has 0 saturated heterocycles. The van der Waals surface area contributed by atoms with Crippen LogP contribution in [-0.2, 0) is 11.2 Å². The second-order valence-electron chi connectivity index (χ2n) is 7.88. The molecule has 0 aliphatic heterocycles. The van der Waals surface area contributed by atoms with Crippen molar-refractivity contribution < 1.29 is 13.6 Å². The van der Waals surface area contributed by atoms with Crippen molar-refractivity contribution in [2.45, 2.75) is 19.3 Å². The lowest BCUT2D eigenvalue weighted by Crippen LogP contribution is -2.25. The number of halogens is 2. The number of carbonyl (C=O) groups is 1. The Morgan fingerprint density at radius 1 is 1.03 bits per heavy atom. The summed E-state index contributed by atoms with van der Waals surface area (Å²) in [7, 11) is 0. The fourth-order valence-electron chi connectivity index (χ4n) is 3.72. The summed E-state index contributed by atoms with van der Waals surface area (Å²) in [6, 6.07) is 16.8. The molecule has 0 aliphatic carbocycles. The molecular weight excluding hydrogens is 436 g/mol. The van der Waals surface area contributed by atoms with E-state index in [0.717, 1.165) is 23.3 Å². The molecule has 2 aromatic heterocycles. The van der Waals surface area contributed by atoms with Crippen molar-refractivity contribution in [3.63, 3.8) is 0 Å². The quantitative estimate of drug-likeness (QED) is 0.407. The highest BCUT2D eigenvalue weighted by Crippen LogP contribution is 2.30. The number of nitrogens with one attached hydrogen (secondary N) is 1. The smallest absolute Gasteiger partial charge is 0.231 e. The number of aromatic nitrogens is 3. The predicted molar refractivity (Wildman–Crippen MR) is 126 cm³/mol. The van der Waals surface area contributed by atoms with Crippen LogP contribution in [0.2, 0.25) is 0 Å². The van der Waals surface area contributed by atoms with Gasteiger partial charge in [-0.25, -0.2) is 18.7 Å². The van der Waals surface area contributed by atoms with Gasteiger partial charge in [-0.1, -0.05) is 35.9 Å². The molecule has 172 valence electrons. The van der Waals surface area contributed by atoms with Gasteiger partial charge in [0, 0.05) is 30.1 Å². The molecular formula is C26H23F2N5O. The molecule has 1 amide bonds. The zero-order chi connectivity index (χ0) is 24.1. The number of rotatable bonds is 8. The van der Waals surface area contributed by atoms with Gasteiger partial charge in [-0.05, 0) is 49.2 Å². The molecule has 1 unspecified atom stereocenters. The summed E-state index contributed by atoms with van der Waals surface area (Å²) in [5.74, 6) is -2.89. The van der Waals surface area contributed by atoms with Crippen LogP contribution in [0.15, 0.2) is 73.1 Å². The lowest BCUT2D eigenvalue weighted by Gasteiger charge is -2.18. The Morgan fingerprint density at radius 2 is 1.88 bits per heavy atom. The van der Waals surface area contributed by atoms with E-state index in [1.165, 1.54) is 12.3 Å². The highest BCUT2D eigenvalue weighted by molar-refractivity contribution is 5.86. The standard InChI is InChI=1S/C26H23F2N5O/c1-16-5-4-6-17(13-16)10-12-31-26-19(23(24(29)34)22-7-2-3-11-30-22)15-32-25(33-26)18-8-9-20(27)21(28)14-18/h2-9,11,13-15,23H,10,12H2,1H3,(H2,29,34)(H,31,32,33). The third kappa shape index (κ3) is 5.23. The predicted octanol–water partition coefficient (Wildman–Crippen LogP) is 4.40. The molecule has 0 fully saturated rings. The molecule has 2 heterocycles. The van der Waals surface area contributed by atoms with E-state index in [0.29, 0.717) is 35.6 Å². The maximum atomic E-state index is 13.8. The highest BCUT2D eigenvalue weighted by atomic mass is 19.2. The first-order valence-corrected chi connectivity index (χ1v) is 10.7. The lowest BCUT2D eigenvalue weighted by atomic mass is 9.95. The number of amides is 1. The van der Waals surface area contributed by atoms with Gasteiger partial charge in [-0.3, -0.25) is 9.78 Å². The fraction of sp³-hybridized carbons (Fsp3) is 0.154. The van der Waals surface area contributed by atoms with Crippen LogP contribution in [0.5, 0.6) is 0 Å². The summed E-state index contributed by atoms with van der Waals surface area (Å²) < 4.78 is 27.2. The summed E-state index contributed by atoms with van der Waals surface area (Å²) in [6.45, 7) is 2.54. The molecule has 4 rings (SSSR count). The summed E-state index contributed by atoms with van der Waals surface area (Å²) >= 11 is 0. The molecule has 0 spiro atoms. The van der Waals surface area contributed by atoms with Crippen LogP contribution in [0.3, 0.4) is 0 Å². The molecule has 0 radical (unpaired) electrons. The van der Waals surface area contributed by atoms with Crippen molar-refractivity contribution in [2.75, 3.05) is 11.9 Å². The Balaban J connectivity index is 1.71. The number of nitrogens with zero attached hydrogens (tertiary/aromatic N) is 3. The molecule has 0 bridgehead atoms. The summed E-state index contributed by atoms with van der Waals surface area (Å²) in [4.78, 5) is 25.6. The van der Waals surface area contributed by atoms with E-state index < -0.39 is 23.5 Å². The van der Waals surface area contributed by atoms with Crippen LogP contribution in [0.1, 0.15) is 28.3 Å². The summed E-state index contributed by atoms with van der Waals surface area (Å²) in [5, 5.41) is 3.27. The molecule has 1 atom stereocenters. The number of hydrogen-bond acceptors (Lipinski definition) is 5. The van der Waals surface area contributed by atoms with E-state index in [4.69, 9.17) is 5.73 Å². The first-order chi connectivity index (χ1) is 16.4. The summed E-state index contributed by atoms with van der Waals surface area (Å²) in [6.07, 6.45) is 3.76. The van der Waals surface area contributed by atoms with E-state index in [2.05, 4.69) is 26.3 Å². The zero-order valence-electron chi connectivity index (χ0n) is 18.5. The van der Waals surface area contributed by atoms with Gasteiger partial charge in [0.1, 0.15) is 11.7 Å². The Labute approximate surface area is 195 Å². The van der Waals surface area contributed by atoms with Crippen molar-refractivity contribution in [3.8, 4) is 11.4 Å². The monoisotopic (exact) mass is 459 g/mol. The van der Waals surface area contributed by atoms with Gasteiger partial charge in [-0.15, -0.1) is 0 Å². The number of pyridine rings is 1. The van der Waals surface area contributed by atoms with Crippen LogP contribution in [0.25, 0.3) is 11.4 Å². The Bertz CT molecular complexity index is 1310. The van der Waals surface area contributed by atoms with Gasteiger partial charge in [0.25, 0.3) is 0 Å². The van der Waals surface area contributed by atoms with Crippen molar-refractivity contribution >= 4 is 11.7 Å². The van der Waals surface area contributed by atoms with Crippen molar-refractivity contribution in [2.24, 2.45) is 5.73 Å². The number of primary amides is 1. The van der Waals surface area contributed by atoms with E-state index in [1.54, 1.807) is 24.4 Å². The Morgan fingerprint density at radius 3 is 2.59 bits per heavy atom. The number of benzene rings is 2. The molecule has 0 saturated carbocycles. The van der Waals surface area contributed by atoms with Gasteiger partial charge in [-0.2, -0.15) is 0 Å². The molecule has 34 heavy (non-hydrogen) atoms. The fourth-order valence-corrected chi connectivity index (χ4v) is 3.72.